The summed E-state index contributed by atoms with van der Waals surface area (Å²) in [5.41, 5.74) is 0.212. The van der Waals surface area contributed by atoms with Crippen LogP contribution in [0, 0.1) is 5.92 Å². The van der Waals surface area contributed by atoms with Gasteiger partial charge >= 0.3 is 6.18 Å². The van der Waals surface area contributed by atoms with Crippen molar-refractivity contribution >= 4 is 0 Å². The van der Waals surface area contributed by atoms with Gasteiger partial charge in [0.1, 0.15) is 0 Å². The van der Waals surface area contributed by atoms with Crippen molar-refractivity contribution < 1.29 is 13.2 Å². The summed E-state index contributed by atoms with van der Waals surface area (Å²) in [7, 11) is 0. The lowest BCUT2D eigenvalue weighted by atomic mass is 10.1. The quantitative estimate of drug-likeness (QED) is 0.650. The Labute approximate surface area is 86.4 Å². The average molecular weight is 212 g/mol. The molecular weight excluding hydrogens is 201 g/mol. The van der Waals surface area contributed by atoms with E-state index in [4.69, 9.17) is 0 Å². The molecule has 1 aliphatic carbocycles. The minimum Gasteiger partial charge on any atom is -0.166 e. The molecule has 2 rings (SSSR count). The van der Waals surface area contributed by atoms with Gasteiger partial charge in [0.05, 0.1) is 5.56 Å². The fourth-order valence-corrected chi connectivity index (χ4v) is 1.80. The Morgan fingerprint density at radius 3 is 2.60 bits per heavy atom. The highest BCUT2D eigenvalue weighted by atomic mass is 19.4. The monoisotopic (exact) mass is 212 g/mol. The van der Waals surface area contributed by atoms with Gasteiger partial charge in [0.2, 0.25) is 0 Å². The molecule has 0 N–H and O–H groups in total. The van der Waals surface area contributed by atoms with Crippen molar-refractivity contribution in [2.75, 3.05) is 0 Å². The zero-order chi connectivity index (χ0) is 11.1. The zero-order valence-electron chi connectivity index (χ0n) is 8.09. The van der Waals surface area contributed by atoms with E-state index in [9.17, 15) is 13.2 Å². The summed E-state index contributed by atoms with van der Waals surface area (Å²) in [4.78, 5) is 0. The molecule has 1 aromatic rings. The second-order valence-electron chi connectivity index (χ2n) is 3.86. The second-order valence-corrected chi connectivity index (χ2v) is 3.86. The Morgan fingerprint density at radius 1 is 1.33 bits per heavy atom. The van der Waals surface area contributed by atoms with Crippen LogP contribution < -0.4 is 0 Å². The molecule has 15 heavy (non-hydrogen) atoms. The van der Waals surface area contributed by atoms with Crippen LogP contribution in [-0.4, -0.2) is 0 Å². The van der Waals surface area contributed by atoms with Crippen LogP contribution in [0.2, 0.25) is 0 Å². The van der Waals surface area contributed by atoms with Gasteiger partial charge in [-0.1, -0.05) is 24.3 Å². The van der Waals surface area contributed by atoms with Gasteiger partial charge < -0.3 is 0 Å². The molecule has 0 nitrogen and oxygen atoms in total. The summed E-state index contributed by atoms with van der Waals surface area (Å²) in [6.07, 6.45) is -1.51. The predicted molar refractivity (Wildman–Crippen MR) is 52.5 cm³/mol. The van der Waals surface area contributed by atoms with E-state index in [-0.39, 0.29) is 5.92 Å². The van der Waals surface area contributed by atoms with Crippen LogP contribution >= 0.6 is 0 Å². The number of rotatable bonds is 2. The Hall–Kier alpha value is -1.25. The number of alkyl halides is 3. The molecule has 0 unspecified atom stereocenters. The van der Waals surface area contributed by atoms with Crippen LogP contribution in [0.15, 0.2) is 36.9 Å². The highest BCUT2D eigenvalue weighted by Gasteiger charge is 2.37. The van der Waals surface area contributed by atoms with E-state index in [1.165, 1.54) is 12.1 Å². The van der Waals surface area contributed by atoms with Crippen molar-refractivity contribution in [2.45, 2.75) is 18.5 Å². The Kier molecular flexibility index (Phi) is 2.33. The normalized spacial score (nSPS) is 25.0. The molecular formula is C12H11F3. The molecule has 1 aliphatic rings. The minimum absolute atomic E-state index is 0.241. The van der Waals surface area contributed by atoms with E-state index in [0.29, 0.717) is 5.92 Å². The van der Waals surface area contributed by atoms with Crippen molar-refractivity contribution in [3.63, 3.8) is 0 Å². The Balaban J connectivity index is 2.24. The zero-order valence-corrected chi connectivity index (χ0v) is 8.09. The van der Waals surface area contributed by atoms with Crippen molar-refractivity contribution in [3.05, 3.63) is 48.0 Å². The van der Waals surface area contributed by atoms with Gasteiger partial charge in [-0.3, -0.25) is 0 Å². The average Bonchev–Trinajstić information content (AvgIpc) is 2.95. The van der Waals surface area contributed by atoms with Crippen LogP contribution in [0.4, 0.5) is 13.2 Å². The molecule has 2 atom stereocenters. The van der Waals surface area contributed by atoms with Gasteiger partial charge in [0, 0.05) is 0 Å². The van der Waals surface area contributed by atoms with Crippen LogP contribution in [0.3, 0.4) is 0 Å². The molecule has 0 spiro atoms. The van der Waals surface area contributed by atoms with Gasteiger partial charge in [-0.25, -0.2) is 0 Å². The third-order valence-electron chi connectivity index (χ3n) is 2.78. The summed E-state index contributed by atoms with van der Waals surface area (Å²) in [6, 6.07) is 5.57. The summed E-state index contributed by atoms with van der Waals surface area (Å²) < 4.78 is 37.2. The molecule has 80 valence electrons. The molecule has 0 aliphatic heterocycles. The highest BCUT2D eigenvalue weighted by Crippen LogP contribution is 2.48. The standard InChI is InChI=1S/C12H11F3/c1-2-8-7-11(8)9-4-3-5-10(6-9)12(13,14)15/h2-6,8,11H,1,7H2/t8-,11+/m1/s1. The Morgan fingerprint density at radius 2 is 2.07 bits per heavy atom. The van der Waals surface area contributed by atoms with Crippen molar-refractivity contribution in [1.29, 1.82) is 0 Å². The number of hydrogen-bond donors (Lipinski definition) is 0. The maximum atomic E-state index is 12.4. The second kappa shape index (κ2) is 3.40. The fraction of sp³-hybridized carbons (Fsp3) is 0.333. The smallest absolute Gasteiger partial charge is 0.166 e. The van der Waals surface area contributed by atoms with Gasteiger partial charge in [-0.05, 0) is 29.9 Å². The molecule has 0 saturated heterocycles. The van der Waals surface area contributed by atoms with E-state index in [1.807, 2.05) is 6.08 Å². The first kappa shape index (κ1) is 10.3. The third kappa shape index (κ3) is 2.06. The lowest BCUT2D eigenvalue weighted by Gasteiger charge is -2.08. The van der Waals surface area contributed by atoms with E-state index >= 15 is 0 Å². The number of benzene rings is 1. The molecule has 0 radical (unpaired) electrons. The largest absolute Gasteiger partial charge is 0.416 e. The van der Waals surface area contributed by atoms with E-state index in [2.05, 4.69) is 6.58 Å². The fourth-order valence-electron chi connectivity index (χ4n) is 1.80. The first-order valence-corrected chi connectivity index (χ1v) is 4.82. The molecule has 0 heterocycles. The van der Waals surface area contributed by atoms with Gasteiger partial charge in [-0.15, -0.1) is 6.58 Å². The molecule has 0 bridgehead atoms. The van der Waals surface area contributed by atoms with Gasteiger partial charge in [0.15, 0.2) is 0 Å². The maximum Gasteiger partial charge on any atom is 0.416 e. The molecule has 3 heteroatoms. The molecule has 1 saturated carbocycles. The number of hydrogen-bond acceptors (Lipinski definition) is 0. The van der Waals surface area contributed by atoms with Gasteiger partial charge in [-0.2, -0.15) is 13.2 Å². The van der Waals surface area contributed by atoms with E-state index < -0.39 is 11.7 Å². The van der Waals surface area contributed by atoms with Crippen molar-refractivity contribution in [2.24, 2.45) is 5.92 Å². The van der Waals surface area contributed by atoms with E-state index in [0.717, 1.165) is 18.1 Å². The highest BCUT2D eigenvalue weighted by molar-refractivity contribution is 5.33. The van der Waals surface area contributed by atoms with Crippen LogP contribution in [0.25, 0.3) is 0 Å². The summed E-state index contributed by atoms with van der Waals surface area (Å²) in [5.74, 6) is 0.596. The first-order valence-electron chi connectivity index (χ1n) is 4.82. The summed E-state index contributed by atoms with van der Waals surface area (Å²) in [6.45, 7) is 3.65. The van der Waals surface area contributed by atoms with Gasteiger partial charge in [0.25, 0.3) is 0 Å². The molecule has 1 aromatic carbocycles. The lowest BCUT2D eigenvalue weighted by molar-refractivity contribution is -0.137. The summed E-state index contributed by atoms with van der Waals surface area (Å²) in [5, 5.41) is 0. The predicted octanol–water partition coefficient (Wildman–Crippen LogP) is 3.99. The minimum atomic E-state index is -4.24. The van der Waals surface area contributed by atoms with E-state index in [1.54, 1.807) is 6.07 Å². The molecule has 0 amide bonds. The SMILES string of the molecule is C=C[C@@H]1C[C@@H]1c1cccc(C(F)(F)F)c1. The third-order valence-corrected chi connectivity index (χ3v) is 2.78. The van der Waals surface area contributed by atoms with Crippen LogP contribution in [0.1, 0.15) is 23.5 Å². The maximum absolute atomic E-state index is 12.4. The first-order chi connectivity index (χ1) is 7.02. The molecule has 1 fully saturated rings. The van der Waals surface area contributed by atoms with Crippen LogP contribution in [-0.2, 0) is 6.18 Å². The van der Waals surface area contributed by atoms with Crippen LogP contribution in [0.5, 0.6) is 0 Å². The number of allylic oxidation sites excluding steroid dienone is 1. The Bertz CT molecular complexity index is 379. The van der Waals surface area contributed by atoms with Crippen molar-refractivity contribution in [1.82, 2.24) is 0 Å². The lowest BCUT2D eigenvalue weighted by Crippen LogP contribution is -2.05. The topological polar surface area (TPSA) is 0 Å². The van der Waals surface area contributed by atoms with Crippen molar-refractivity contribution in [3.8, 4) is 0 Å². The number of halogens is 3. The summed E-state index contributed by atoms with van der Waals surface area (Å²) >= 11 is 0. The molecule has 0 aromatic heterocycles.